The van der Waals surface area contributed by atoms with Crippen LogP contribution in [0.1, 0.15) is 39.7 Å². The molecule has 1 aromatic heterocycles. The summed E-state index contributed by atoms with van der Waals surface area (Å²) >= 11 is 1.63. The van der Waals surface area contributed by atoms with E-state index in [2.05, 4.69) is 10.3 Å². The van der Waals surface area contributed by atoms with Gasteiger partial charge in [-0.3, -0.25) is 0 Å². The van der Waals surface area contributed by atoms with E-state index < -0.39 is 11.6 Å². The first-order chi connectivity index (χ1) is 9.92. The Bertz CT molecular complexity index is 618. The van der Waals surface area contributed by atoms with Crippen LogP contribution in [0.2, 0.25) is 0 Å². The van der Waals surface area contributed by atoms with E-state index in [0.29, 0.717) is 24.1 Å². The van der Waals surface area contributed by atoms with Gasteiger partial charge in [-0.1, -0.05) is 6.92 Å². The fraction of sp³-hybridized carbons (Fsp3) is 0.438. The summed E-state index contributed by atoms with van der Waals surface area (Å²) in [5, 5.41) is 4.24. The van der Waals surface area contributed by atoms with Crippen LogP contribution in [0.5, 0.6) is 0 Å². The van der Waals surface area contributed by atoms with Crippen molar-refractivity contribution in [1.29, 1.82) is 0 Å². The average Bonchev–Trinajstić information content (AvgIpc) is 2.72. The van der Waals surface area contributed by atoms with Gasteiger partial charge in [-0.2, -0.15) is 0 Å². The molecular weight excluding hydrogens is 290 g/mol. The maximum atomic E-state index is 14.1. The summed E-state index contributed by atoms with van der Waals surface area (Å²) < 4.78 is 27.5. The quantitative estimate of drug-likeness (QED) is 0.893. The van der Waals surface area contributed by atoms with Gasteiger partial charge in [0.1, 0.15) is 11.6 Å². The summed E-state index contributed by atoms with van der Waals surface area (Å²) in [5.74, 6) is -1.01. The van der Waals surface area contributed by atoms with Crippen LogP contribution in [0, 0.1) is 32.4 Å². The third kappa shape index (κ3) is 3.66. The lowest BCUT2D eigenvalue weighted by atomic mass is 10.0. The van der Waals surface area contributed by atoms with E-state index in [0.717, 1.165) is 16.8 Å². The standard InChI is InChI=1S/C16H20F2N2S/c1-5-19-15(8-16-20-10(3)11(4)21-16)12-6-9(2)13(17)7-14(12)18/h6-7,15,19H,5,8H2,1-4H3. The molecule has 0 saturated carbocycles. The molecule has 0 saturated heterocycles. The van der Waals surface area contributed by atoms with E-state index in [9.17, 15) is 8.78 Å². The highest BCUT2D eigenvalue weighted by molar-refractivity contribution is 7.11. The van der Waals surface area contributed by atoms with E-state index in [4.69, 9.17) is 0 Å². The molecule has 2 aromatic rings. The Morgan fingerprint density at radius 3 is 2.48 bits per heavy atom. The number of hydrogen-bond acceptors (Lipinski definition) is 3. The Kier molecular flexibility index (Phi) is 5.06. The van der Waals surface area contributed by atoms with Crippen LogP contribution in [0.3, 0.4) is 0 Å². The molecular formula is C16H20F2N2S. The topological polar surface area (TPSA) is 24.9 Å². The highest BCUT2D eigenvalue weighted by Gasteiger charge is 2.19. The molecule has 2 nitrogen and oxygen atoms in total. The second kappa shape index (κ2) is 6.62. The normalized spacial score (nSPS) is 12.7. The molecule has 2 rings (SSSR count). The molecule has 0 aliphatic heterocycles. The molecule has 0 amide bonds. The minimum absolute atomic E-state index is 0.195. The van der Waals surface area contributed by atoms with Crippen LogP contribution in [-0.2, 0) is 6.42 Å². The summed E-state index contributed by atoms with van der Waals surface area (Å²) in [5.41, 5.74) is 1.98. The maximum Gasteiger partial charge on any atom is 0.130 e. The first-order valence-electron chi connectivity index (χ1n) is 7.04. The molecule has 114 valence electrons. The average molecular weight is 310 g/mol. The molecule has 5 heteroatoms. The van der Waals surface area contributed by atoms with Crippen LogP contribution >= 0.6 is 11.3 Å². The van der Waals surface area contributed by atoms with E-state index in [-0.39, 0.29) is 6.04 Å². The third-order valence-corrected chi connectivity index (χ3v) is 4.65. The molecule has 21 heavy (non-hydrogen) atoms. The molecule has 0 aliphatic carbocycles. The predicted octanol–water partition coefficient (Wildman–Crippen LogP) is 4.24. The first kappa shape index (κ1) is 16.0. The highest BCUT2D eigenvalue weighted by atomic mass is 32.1. The number of halogens is 2. The number of likely N-dealkylation sites (N-methyl/N-ethyl adjacent to an activating group) is 1. The van der Waals surface area contributed by atoms with Crippen LogP contribution in [-0.4, -0.2) is 11.5 Å². The number of thiazole rings is 1. The van der Waals surface area contributed by atoms with Crippen molar-refractivity contribution in [2.24, 2.45) is 0 Å². The Morgan fingerprint density at radius 2 is 1.90 bits per heavy atom. The second-order valence-electron chi connectivity index (χ2n) is 5.19. The van der Waals surface area contributed by atoms with Gasteiger partial charge < -0.3 is 5.32 Å². The number of aryl methyl sites for hydroxylation is 3. The van der Waals surface area contributed by atoms with Gasteiger partial charge in [0.25, 0.3) is 0 Å². The summed E-state index contributed by atoms with van der Waals surface area (Å²) in [6.45, 7) is 8.34. The van der Waals surface area contributed by atoms with Crippen molar-refractivity contribution < 1.29 is 8.78 Å². The molecule has 0 aliphatic rings. The Morgan fingerprint density at radius 1 is 1.19 bits per heavy atom. The highest BCUT2D eigenvalue weighted by Crippen LogP contribution is 2.26. The summed E-state index contributed by atoms with van der Waals surface area (Å²) in [7, 11) is 0. The van der Waals surface area contributed by atoms with Crippen molar-refractivity contribution in [2.75, 3.05) is 6.54 Å². The third-order valence-electron chi connectivity index (χ3n) is 3.56. The summed E-state index contributed by atoms with van der Waals surface area (Å²) in [4.78, 5) is 5.69. The van der Waals surface area contributed by atoms with E-state index in [1.54, 1.807) is 24.3 Å². The summed E-state index contributed by atoms with van der Waals surface area (Å²) in [6.07, 6.45) is 0.606. The summed E-state index contributed by atoms with van der Waals surface area (Å²) in [6, 6.07) is 2.36. The van der Waals surface area contributed by atoms with Gasteiger partial charge in [-0.15, -0.1) is 11.3 Å². The lowest BCUT2D eigenvalue weighted by Gasteiger charge is -2.18. The van der Waals surface area contributed by atoms with Crippen LogP contribution in [0.15, 0.2) is 12.1 Å². The number of rotatable bonds is 5. The Balaban J connectivity index is 2.32. The van der Waals surface area contributed by atoms with Gasteiger partial charge >= 0.3 is 0 Å². The molecule has 0 bridgehead atoms. The van der Waals surface area contributed by atoms with Crippen molar-refractivity contribution in [2.45, 2.75) is 40.2 Å². The SMILES string of the molecule is CCNC(Cc1nc(C)c(C)s1)c1cc(C)c(F)cc1F. The number of nitrogens with one attached hydrogen (secondary N) is 1. The van der Waals surface area contributed by atoms with E-state index in [1.807, 2.05) is 20.8 Å². The zero-order chi connectivity index (χ0) is 15.6. The van der Waals surface area contributed by atoms with Gasteiger partial charge in [-0.05, 0) is 38.9 Å². The number of aromatic nitrogens is 1. The maximum absolute atomic E-state index is 14.1. The minimum atomic E-state index is -0.507. The van der Waals surface area contributed by atoms with Gasteiger partial charge in [0.05, 0.1) is 10.7 Å². The van der Waals surface area contributed by atoms with Crippen molar-refractivity contribution in [3.05, 3.63) is 50.5 Å². The molecule has 1 unspecified atom stereocenters. The van der Waals surface area contributed by atoms with Crippen LogP contribution < -0.4 is 5.32 Å². The Hall–Kier alpha value is -1.33. The first-order valence-corrected chi connectivity index (χ1v) is 7.85. The molecule has 1 atom stereocenters. The molecule has 1 heterocycles. The lowest BCUT2D eigenvalue weighted by Crippen LogP contribution is -2.24. The zero-order valence-corrected chi connectivity index (χ0v) is 13.6. The van der Waals surface area contributed by atoms with Gasteiger partial charge in [-0.25, -0.2) is 13.8 Å². The lowest BCUT2D eigenvalue weighted by molar-refractivity contribution is 0.499. The Labute approximate surface area is 128 Å². The van der Waals surface area contributed by atoms with Crippen molar-refractivity contribution in [1.82, 2.24) is 10.3 Å². The van der Waals surface area contributed by atoms with Crippen molar-refractivity contribution >= 4 is 11.3 Å². The smallest absolute Gasteiger partial charge is 0.130 e. The van der Waals surface area contributed by atoms with E-state index in [1.165, 1.54) is 4.88 Å². The molecule has 1 aromatic carbocycles. The molecule has 0 radical (unpaired) electrons. The van der Waals surface area contributed by atoms with Gasteiger partial charge in [0.2, 0.25) is 0 Å². The number of hydrogen-bond donors (Lipinski definition) is 1. The van der Waals surface area contributed by atoms with Gasteiger partial charge in [0.15, 0.2) is 0 Å². The molecule has 0 fully saturated rings. The fourth-order valence-electron chi connectivity index (χ4n) is 2.29. The monoisotopic (exact) mass is 310 g/mol. The zero-order valence-electron chi connectivity index (χ0n) is 12.8. The van der Waals surface area contributed by atoms with Crippen molar-refractivity contribution in [3.8, 4) is 0 Å². The minimum Gasteiger partial charge on any atom is -0.310 e. The van der Waals surface area contributed by atoms with E-state index >= 15 is 0 Å². The molecule has 1 N–H and O–H groups in total. The largest absolute Gasteiger partial charge is 0.310 e. The number of nitrogens with zero attached hydrogens (tertiary/aromatic N) is 1. The fourth-order valence-corrected chi connectivity index (χ4v) is 3.27. The van der Waals surface area contributed by atoms with Crippen LogP contribution in [0.25, 0.3) is 0 Å². The van der Waals surface area contributed by atoms with Crippen LogP contribution in [0.4, 0.5) is 8.78 Å². The van der Waals surface area contributed by atoms with Gasteiger partial charge in [0, 0.05) is 29.0 Å². The van der Waals surface area contributed by atoms with Crippen molar-refractivity contribution in [3.63, 3.8) is 0 Å². The second-order valence-corrected chi connectivity index (χ2v) is 6.47. The number of benzene rings is 1. The molecule has 0 spiro atoms. The predicted molar refractivity (Wildman–Crippen MR) is 82.8 cm³/mol.